The maximum atomic E-state index is 13.0. The molecule has 0 unspecified atom stereocenters. The lowest BCUT2D eigenvalue weighted by Gasteiger charge is -2.36. The third kappa shape index (κ3) is 4.57. The van der Waals surface area contributed by atoms with Crippen molar-refractivity contribution >= 4 is 21.6 Å². The van der Waals surface area contributed by atoms with Gasteiger partial charge in [-0.25, -0.2) is 8.42 Å². The van der Waals surface area contributed by atoms with Crippen molar-refractivity contribution in [3.63, 3.8) is 0 Å². The van der Waals surface area contributed by atoms with Gasteiger partial charge >= 0.3 is 6.61 Å². The number of hydrogen-bond donors (Lipinski definition) is 0. The van der Waals surface area contributed by atoms with E-state index in [2.05, 4.69) is 4.74 Å². The molecule has 0 aliphatic carbocycles. The number of ether oxygens (including phenoxy) is 2. The van der Waals surface area contributed by atoms with E-state index in [0.29, 0.717) is 0 Å². The highest BCUT2D eigenvalue weighted by Crippen LogP contribution is 2.32. The zero-order chi connectivity index (χ0) is 19.6. The van der Waals surface area contributed by atoms with Crippen molar-refractivity contribution in [3.05, 3.63) is 59.1 Å². The predicted molar refractivity (Wildman–Crippen MR) is 96.6 cm³/mol. The van der Waals surface area contributed by atoms with Crippen molar-refractivity contribution in [1.82, 2.24) is 4.31 Å². The summed E-state index contributed by atoms with van der Waals surface area (Å²) < 4.78 is 62.2. The van der Waals surface area contributed by atoms with Crippen LogP contribution in [0.15, 0.2) is 53.4 Å². The van der Waals surface area contributed by atoms with Crippen molar-refractivity contribution in [2.75, 3.05) is 13.1 Å². The van der Waals surface area contributed by atoms with E-state index in [1.165, 1.54) is 10.4 Å². The van der Waals surface area contributed by atoms with E-state index in [4.69, 9.17) is 16.3 Å². The molecular weight excluding hydrogens is 400 g/mol. The molecule has 3 rings (SSSR count). The number of sulfonamides is 1. The Hall–Kier alpha value is -1.74. The minimum atomic E-state index is -3.88. The third-order valence-corrected chi connectivity index (χ3v) is 6.28. The second kappa shape index (κ2) is 8.10. The topological polar surface area (TPSA) is 55.8 Å². The van der Waals surface area contributed by atoms with E-state index in [1.807, 2.05) is 30.3 Å². The first-order valence-electron chi connectivity index (χ1n) is 8.22. The quantitative estimate of drug-likeness (QED) is 0.735. The lowest BCUT2D eigenvalue weighted by molar-refractivity contribution is -0.0557. The van der Waals surface area contributed by atoms with Gasteiger partial charge in [0.2, 0.25) is 10.0 Å². The average Bonchev–Trinajstić information content (AvgIpc) is 2.63. The summed E-state index contributed by atoms with van der Waals surface area (Å²) >= 11 is 5.91. The molecule has 2 aromatic rings. The van der Waals surface area contributed by atoms with Crippen LogP contribution in [0.25, 0.3) is 0 Å². The zero-order valence-corrected chi connectivity index (χ0v) is 16.0. The van der Waals surface area contributed by atoms with E-state index in [9.17, 15) is 17.2 Å². The highest BCUT2D eigenvalue weighted by atomic mass is 35.5. The molecule has 5 nitrogen and oxygen atoms in total. The van der Waals surface area contributed by atoms with E-state index in [-0.39, 0.29) is 34.9 Å². The molecule has 0 saturated carbocycles. The Bertz CT molecular complexity index is 895. The van der Waals surface area contributed by atoms with Crippen LogP contribution in [0.2, 0.25) is 5.02 Å². The molecule has 0 aromatic heterocycles. The molecule has 0 amide bonds. The molecule has 1 fully saturated rings. The minimum Gasteiger partial charge on any atom is -0.433 e. The summed E-state index contributed by atoms with van der Waals surface area (Å²) in [7, 11) is -3.88. The van der Waals surface area contributed by atoms with E-state index >= 15 is 0 Å². The molecule has 2 aromatic carbocycles. The van der Waals surface area contributed by atoms with Crippen molar-refractivity contribution in [3.8, 4) is 5.75 Å². The second-order valence-electron chi connectivity index (χ2n) is 6.14. The summed E-state index contributed by atoms with van der Waals surface area (Å²) in [4.78, 5) is -0.0879. The van der Waals surface area contributed by atoms with E-state index in [1.54, 1.807) is 6.92 Å². The highest BCUT2D eigenvalue weighted by molar-refractivity contribution is 7.89. The molecule has 0 spiro atoms. The smallest absolute Gasteiger partial charge is 0.387 e. The van der Waals surface area contributed by atoms with Crippen LogP contribution in [0.4, 0.5) is 8.78 Å². The molecule has 0 bridgehead atoms. The van der Waals surface area contributed by atoms with Gasteiger partial charge in [0.1, 0.15) is 5.75 Å². The Labute approximate surface area is 161 Å². The van der Waals surface area contributed by atoms with Gasteiger partial charge in [0, 0.05) is 13.1 Å². The maximum absolute atomic E-state index is 13.0. The number of halogens is 3. The molecule has 9 heteroatoms. The van der Waals surface area contributed by atoms with Crippen molar-refractivity contribution < 1.29 is 26.7 Å². The van der Waals surface area contributed by atoms with Crippen LogP contribution in [0.5, 0.6) is 5.75 Å². The first-order valence-corrected chi connectivity index (χ1v) is 10.0. The predicted octanol–water partition coefficient (Wildman–Crippen LogP) is 4.09. The van der Waals surface area contributed by atoms with Crippen molar-refractivity contribution in [2.24, 2.45) is 0 Å². The summed E-state index contributed by atoms with van der Waals surface area (Å²) in [5, 5.41) is -0.197. The highest BCUT2D eigenvalue weighted by Gasteiger charge is 2.34. The Morgan fingerprint density at radius 2 is 1.89 bits per heavy atom. The molecule has 1 saturated heterocycles. The van der Waals surface area contributed by atoms with Crippen LogP contribution in [-0.4, -0.2) is 38.5 Å². The minimum absolute atomic E-state index is 0.0879. The number of rotatable bonds is 5. The second-order valence-corrected chi connectivity index (χ2v) is 8.48. The van der Waals surface area contributed by atoms with Crippen molar-refractivity contribution in [1.29, 1.82) is 0 Å². The number of nitrogens with zero attached hydrogens (tertiary/aromatic N) is 1. The van der Waals surface area contributed by atoms with Gasteiger partial charge < -0.3 is 9.47 Å². The van der Waals surface area contributed by atoms with Crippen LogP contribution >= 0.6 is 11.6 Å². The largest absolute Gasteiger partial charge is 0.433 e. The number of hydrogen-bond acceptors (Lipinski definition) is 4. The van der Waals surface area contributed by atoms with E-state index in [0.717, 1.165) is 17.7 Å². The lowest BCUT2D eigenvalue weighted by atomic mass is 10.1. The van der Waals surface area contributed by atoms with Gasteiger partial charge in [-0.15, -0.1) is 0 Å². The first-order chi connectivity index (χ1) is 12.8. The zero-order valence-electron chi connectivity index (χ0n) is 14.4. The Balaban J connectivity index is 1.86. The molecule has 27 heavy (non-hydrogen) atoms. The van der Waals surface area contributed by atoms with Crippen LogP contribution in [-0.2, 0) is 14.8 Å². The fourth-order valence-corrected chi connectivity index (χ4v) is 4.78. The molecule has 1 heterocycles. The normalized spacial score (nSPS) is 21.4. The number of morpholine rings is 1. The van der Waals surface area contributed by atoms with E-state index < -0.39 is 22.7 Å². The fraction of sp³-hybridized carbons (Fsp3) is 0.333. The Morgan fingerprint density at radius 3 is 2.52 bits per heavy atom. The Kier molecular flexibility index (Phi) is 6.00. The lowest BCUT2D eigenvalue weighted by Crippen LogP contribution is -2.45. The van der Waals surface area contributed by atoms with Gasteiger partial charge in [0.25, 0.3) is 0 Å². The van der Waals surface area contributed by atoms with Crippen molar-refractivity contribution in [2.45, 2.75) is 30.6 Å². The van der Waals surface area contributed by atoms with Gasteiger partial charge in [-0.05, 0) is 30.7 Å². The molecule has 1 aliphatic rings. The van der Waals surface area contributed by atoms with Gasteiger partial charge in [-0.3, -0.25) is 0 Å². The third-order valence-electron chi connectivity index (χ3n) is 4.16. The van der Waals surface area contributed by atoms with Gasteiger partial charge in [0.15, 0.2) is 0 Å². The summed E-state index contributed by atoms with van der Waals surface area (Å²) in [6.45, 7) is -0.927. The molecular formula is C18H18ClF2NO4S. The summed E-state index contributed by atoms with van der Waals surface area (Å²) in [5.41, 5.74) is 0.878. The molecule has 146 valence electrons. The fourth-order valence-electron chi connectivity index (χ4n) is 2.94. The van der Waals surface area contributed by atoms with Crippen LogP contribution in [0.1, 0.15) is 18.6 Å². The summed E-state index contributed by atoms with van der Waals surface area (Å²) in [6, 6.07) is 12.8. The Morgan fingerprint density at radius 1 is 1.19 bits per heavy atom. The summed E-state index contributed by atoms with van der Waals surface area (Å²) in [6.07, 6.45) is -0.711. The van der Waals surface area contributed by atoms with Gasteiger partial charge in [-0.2, -0.15) is 13.1 Å². The molecule has 1 aliphatic heterocycles. The van der Waals surface area contributed by atoms with Crippen LogP contribution in [0.3, 0.4) is 0 Å². The van der Waals surface area contributed by atoms with Crippen LogP contribution in [0, 0.1) is 0 Å². The number of benzene rings is 2. The van der Waals surface area contributed by atoms with Gasteiger partial charge in [0.05, 0.1) is 22.1 Å². The average molecular weight is 418 g/mol. The maximum Gasteiger partial charge on any atom is 0.387 e. The monoisotopic (exact) mass is 417 g/mol. The first kappa shape index (κ1) is 20.0. The summed E-state index contributed by atoms with van der Waals surface area (Å²) in [5.74, 6) is -0.275. The molecule has 0 radical (unpaired) electrons. The van der Waals surface area contributed by atoms with Crippen LogP contribution < -0.4 is 4.74 Å². The SMILES string of the molecule is C[C@H]1CN(S(=O)(=O)c2ccc(OC(F)F)c(Cl)c2)C[C@H](c2ccccc2)O1. The molecule has 0 N–H and O–H groups in total. The molecule has 2 atom stereocenters. The number of alkyl halides is 2. The standard InChI is InChI=1S/C18H18ClF2NO4S/c1-12-10-22(11-17(25-12)13-5-3-2-4-6-13)27(23,24)14-7-8-16(15(19)9-14)26-18(20)21/h2-9,12,17-18H,10-11H2,1H3/t12-,17+/m0/s1. The van der Waals surface area contributed by atoms with Gasteiger partial charge in [-0.1, -0.05) is 41.9 Å².